The number of carbonyl (C=O) groups is 1. The summed E-state index contributed by atoms with van der Waals surface area (Å²) in [6, 6.07) is 3.53. The second-order valence-electron chi connectivity index (χ2n) is 4.47. The number of aromatic nitrogens is 3. The number of nitrogens with zero attached hydrogens (tertiary/aromatic N) is 3. The highest BCUT2D eigenvalue weighted by Crippen LogP contribution is 2.29. The molecule has 2 heterocycles. The van der Waals surface area contributed by atoms with Gasteiger partial charge in [-0.3, -0.25) is 4.68 Å². The van der Waals surface area contributed by atoms with E-state index in [2.05, 4.69) is 17.0 Å². The Labute approximate surface area is 111 Å². The maximum Gasteiger partial charge on any atom is 0.355 e. The van der Waals surface area contributed by atoms with Crippen LogP contribution < -0.4 is 0 Å². The molecular formula is C14H17N3O2. The molecule has 2 rings (SSSR count). The van der Waals surface area contributed by atoms with Crippen LogP contribution in [0.3, 0.4) is 0 Å². The van der Waals surface area contributed by atoms with Crippen LogP contribution in [0.15, 0.2) is 18.3 Å². The maximum absolute atomic E-state index is 11.3. The lowest BCUT2D eigenvalue weighted by Gasteiger charge is -2.06. The van der Waals surface area contributed by atoms with Gasteiger partial charge < -0.3 is 5.11 Å². The monoisotopic (exact) mass is 259 g/mol. The molecule has 19 heavy (non-hydrogen) atoms. The first-order valence-electron chi connectivity index (χ1n) is 6.29. The van der Waals surface area contributed by atoms with Crippen molar-refractivity contribution in [2.45, 2.75) is 33.7 Å². The number of carboxylic acid groups (broad SMARTS) is 1. The number of carboxylic acids is 1. The van der Waals surface area contributed by atoms with Crippen molar-refractivity contribution in [1.29, 1.82) is 0 Å². The van der Waals surface area contributed by atoms with Crippen molar-refractivity contribution in [3.8, 4) is 11.1 Å². The molecule has 100 valence electrons. The first-order valence-corrected chi connectivity index (χ1v) is 6.29. The molecule has 0 aliphatic carbocycles. The van der Waals surface area contributed by atoms with E-state index in [1.807, 2.05) is 18.5 Å². The second-order valence-corrected chi connectivity index (χ2v) is 4.47. The van der Waals surface area contributed by atoms with E-state index >= 15 is 0 Å². The average Bonchev–Trinajstić information content (AvgIpc) is 2.65. The molecular weight excluding hydrogens is 242 g/mol. The zero-order valence-corrected chi connectivity index (χ0v) is 11.3. The van der Waals surface area contributed by atoms with Crippen molar-refractivity contribution in [3.63, 3.8) is 0 Å². The van der Waals surface area contributed by atoms with Crippen LogP contribution >= 0.6 is 0 Å². The maximum atomic E-state index is 11.3. The number of aryl methyl sites for hydroxylation is 2. The van der Waals surface area contributed by atoms with Crippen LogP contribution in [0.1, 0.15) is 35.2 Å². The summed E-state index contributed by atoms with van der Waals surface area (Å²) in [6.45, 7) is 6.77. The molecule has 1 N–H and O–H groups in total. The summed E-state index contributed by atoms with van der Waals surface area (Å²) in [4.78, 5) is 15.2. The minimum atomic E-state index is -1.02. The van der Waals surface area contributed by atoms with E-state index in [-0.39, 0.29) is 5.69 Å². The normalized spacial score (nSPS) is 10.7. The molecule has 0 atom stereocenters. The molecule has 5 heteroatoms. The lowest BCUT2D eigenvalue weighted by Crippen LogP contribution is -2.04. The van der Waals surface area contributed by atoms with Gasteiger partial charge in [-0.2, -0.15) is 5.10 Å². The molecule has 0 unspecified atom stereocenters. The van der Waals surface area contributed by atoms with Gasteiger partial charge >= 0.3 is 5.97 Å². The van der Waals surface area contributed by atoms with Crippen LogP contribution in [0, 0.1) is 13.8 Å². The first-order chi connectivity index (χ1) is 9.06. The molecule has 0 saturated heterocycles. The van der Waals surface area contributed by atoms with Crippen molar-refractivity contribution < 1.29 is 9.90 Å². The van der Waals surface area contributed by atoms with Gasteiger partial charge in [0.1, 0.15) is 0 Å². The van der Waals surface area contributed by atoms with Gasteiger partial charge in [0.25, 0.3) is 0 Å². The van der Waals surface area contributed by atoms with Gasteiger partial charge in [0.2, 0.25) is 0 Å². The van der Waals surface area contributed by atoms with E-state index in [9.17, 15) is 9.90 Å². The minimum Gasteiger partial charge on any atom is -0.476 e. The number of pyridine rings is 1. The smallest absolute Gasteiger partial charge is 0.355 e. The van der Waals surface area contributed by atoms with Crippen molar-refractivity contribution >= 4 is 5.97 Å². The quantitative estimate of drug-likeness (QED) is 0.916. The Balaban J connectivity index is 2.62. The van der Waals surface area contributed by atoms with Gasteiger partial charge in [-0.1, -0.05) is 13.0 Å². The van der Waals surface area contributed by atoms with Gasteiger partial charge in [0.15, 0.2) is 5.69 Å². The summed E-state index contributed by atoms with van der Waals surface area (Å²) in [5, 5.41) is 13.7. The molecule has 0 amide bonds. The molecule has 0 spiro atoms. The highest BCUT2D eigenvalue weighted by atomic mass is 16.4. The summed E-state index contributed by atoms with van der Waals surface area (Å²) >= 11 is 0. The minimum absolute atomic E-state index is 0.0738. The number of hydrogen-bond acceptors (Lipinski definition) is 3. The standard InChI is InChI=1S/C14H17N3O2/c1-4-8-17-10(3)12(9(2)16-17)11-6-5-7-15-13(11)14(18)19/h5-7H,4,8H2,1-3H3,(H,18,19). The lowest BCUT2D eigenvalue weighted by molar-refractivity contribution is 0.0691. The van der Waals surface area contributed by atoms with E-state index in [0.717, 1.165) is 29.9 Å². The fourth-order valence-electron chi connectivity index (χ4n) is 2.29. The number of hydrogen-bond donors (Lipinski definition) is 1. The zero-order valence-electron chi connectivity index (χ0n) is 11.3. The average molecular weight is 259 g/mol. The van der Waals surface area contributed by atoms with Crippen LogP contribution in [-0.2, 0) is 6.54 Å². The van der Waals surface area contributed by atoms with Gasteiger partial charge in [-0.25, -0.2) is 9.78 Å². The summed E-state index contributed by atoms with van der Waals surface area (Å²) in [7, 11) is 0. The Morgan fingerprint density at radius 1 is 1.42 bits per heavy atom. The SMILES string of the molecule is CCCn1nc(C)c(-c2cccnc2C(=O)O)c1C. The van der Waals surface area contributed by atoms with E-state index in [1.54, 1.807) is 12.1 Å². The Morgan fingerprint density at radius 3 is 2.79 bits per heavy atom. The molecule has 2 aromatic rings. The van der Waals surface area contributed by atoms with Crippen molar-refractivity contribution in [1.82, 2.24) is 14.8 Å². The predicted octanol–water partition coefficient (Wildman–Crippen LogP) is 2.67. The third-order valence-electron chi connectivity index (χ3n) is 3.10. The molecule has 2 aromatic heterocycles. The van der Waals surface area contributed by atoms with Crippen LogP contribution in [0.5, 0.6) is 0 Å². The Kier molecular flexibility index (Phi) is 3.64. The van der Waals surface area contributed by atoms with Gasteiger partial charge in [-0.15, -0.1) is 0 Å². The highest BCUT2D eigenvalue weighted by molar-refractivity contribution is 5.94. The van der Waals surface area contributed by atoms with Crippen molar-refractivity contribution in [3.05, 3.63) is 35.4 Å². The summed E-state index contributed by atoms with van der Waals surface area (Å²) in [5.74, 6) is -1.02. The second kappa shape index (κ2) is 5.22. The molecule has 5 nitrogen and oxygen atoms in total. The van der Waals surface area contributed by atoms with E-state index in [0.29, 0.717) is 5.56 Å². The van der Waals surface area contributed by atoms with Crippen molar-refractivity contribution in [2.24, 2.45) is 0 Å². The fourth-order valence-corrected chi connectivity index (χ4v) is 2.29. The summed E-state index contributed by atoms with van der Waals surface area (Å²) in [6.07, 6.45) is 2.48. The number of rotatable bonds is 4. The predicted molar refractivity (Wildman–Crippen MR) is 72.2 cm³/mol. The third-order valence-corrected chi connectivity index (χ3v) is 3.10. The highest BCUT2D eigenvalue weighted by Gasteiger charge is 2.19. The first kappa shape index (κ1) is 13.3. The van der Waals surface area contributed by atoms with Crippen molar-refractivity contribution in [2.75, 3.05) is 0 Å². The molecule has 0 saturated carbocycles. The van der Waals surface area contributed by atoms with Gasteiger partial charge in [-0.05, 0) is 26.3 Å². The fraction of sp³-hybridized carbons (Fsp3) is 0.357. The summed E-state index contributed by atoms with van der Waals surface area (Å²) < 4.78 is 1.92. The van der Waals surface area contributed by atoms with E-state index < -0.39 is 5.97 Å². The molecule has 0 aliphatic rings. The Morgan fingerprint density at radius 2 is 2.16 bits per heavy atom. The molecule has 0 aliphatic heterocycles. The van der Waals surface area contributed by atoms with E-state index in [4.69, 9.17) is 0 Å². The molecule has 0 fully saturated rings. The third kappa shape index (κ3) is 2.36. The van der Waals surface area contributed by atoms with Crippen LogP contribution in [0.4, 0.5) is 0 Å². The molecule has 0 bridgehead atoms. The molecule has 0 radical (unpaired) electrons. The topological polar surface area (TPSA) is 68.0 Å². The van der Waals surface area contributed by atoms with Crippen LogP contribution in [0.2, 0.25) is 0 Å². The summed E-state index contributed by atoms with van der Waals surface area (Å²) in [5.41, 5.74) is 3.40. The number of aromatic carboxylic acids is 1. The largest absolute Gasteiger partial charge is 0.476 e. The lowest BCUT2D eigenvalue weighted by atomic mass is 10.0. The zero-order chi connectivity index (χ0) is 14.0. The van der Waals surface area contributed by atoms with Crippen LogP contribution in [-0.4, -0.2) is 25.8 Å². The van der Waals surface area contributed by atoms with Gasteiger partial charge in [0, 0.05) is 29.6 Å². The van der Waals surface area contributed by atoms with Crippen LogP contribution in [0.25, 0.3) is 11.1 Å². The Bertz CT molecular complexity index is 617. The molecule has 0 aromatic carbocycles. The van der Waals surface area contributed by atoms with E-state index in [1.165, 1.54) is 6.20 Å². The Hall–Kier alpha value is -2.17. The van der Waals surface area contributed by atoms with Gasteiger partial charge in [0.05, 0.1) is 5.69 Å².